The first-order chi connectivity index (χ1) is 13.3. The van der Waals surface area contributed by atoms with E-state index in [9.17, 15) is 13.2 Å². The van der Waals surface area contributed by atoms with Crippen LogP contribution in [0.4, 0.5) is 5.69 Å². The molecule has 28 heavy (non-hydrogen) atoms. The van der Waals surface area contributed by atoms with Crippen molar-refractivity contribution in [2.75, 3.05) is 11.0 Å². The minimum atomic E-state index is -3.35. The number of pyridine rings is 1. The quantitative estimate of drug-likeness (QED) is 0.670. The molecule has 6 nitrogen and oxygen atoms in total. The van der Waals surface area contributed by atoms with Gasteiger partial charge in [-0.15, -0.1) is 0 Å². The molecule has 0 atom stereocenters. The molecule has 2 N–H and O–H groups in total. The molecule has 1 amide bonds. The van der Waals surface area contributed by atoms with Gasteiger partial charge < -0.3 is 5.32 Å². The van der Waals surface area contributed by atoms with Crippen molar-refractivity contribution >= 4 is 21.6 Å². The van der Waals surface area contributed by atoms with Crippen LogP contribution in [-0.2, 0) is 16.6 Å². The summed E-state index contributed by atoms with van der Waals surface area (Å²) in [4.78, 5) is 17.1. The Morgan fingerprint density at radius 1 is 1.00 bits per heavy atom. The van der Waals surface area contributed by atoms with Crippen molar-refractivity contribution in [3.63, 3.8) is 0 Å². The van der Waals surface area contributed by atoms with Gasteiger partial charge in [-0.1, -0.05) is 42.5 Å². The van der Waals surface area contributed by atoms with E-state index in [1.807, 2.05) is 42.5 Å². The molecule has 3 rings (SSSR count). The van der Waals surface area contributed by atoms with Crippen LogP contribution in [0.15, 0.2) is 66.7 Å². The molecule has 0 fully saturated rings. The van der Waals surface area contributed by atoms with Crippen LogP contribution < -0.4 is 10.0 Å². The van der Waals surface area contributed by atoms with Gasteiger partial charge in [0.2, 0.25) is 10.0 Å². The summed E-state index contributed by atoms with van der Waals surface area (Å²) in [5.41, 5.74) is 4.20. The summed E-state index contributed by atoms with van der Waals surface area (Å²) in [5, 5.41) is 2.85. The van der Waals surface area contributed by atoms with Crippen LogP contribution in [0.3, 0.4) is 0 Å². The highest BCUT2D eigenvalue weighted by molar-refractivity contribution is 7.92. The highest BCUT2D eigenvalue weighted by atomic mass is 32.2. The highest BCUT2D eigenvalue weighted by Crippen LogP contribution is 2.19. The molecule has 3 aromatic rings. The summed E-state index contributed by atoms with van der Waals surface area (Å²) in [5.74, 6) is -0.230. The summed E-state index contributed by atoms with van der Waals surface area (Å²) >= 11 is 0. The van der Waals surface area contributed by atoms with E-state index in [0.29, 0.717) is 16.9 Å². The second kappa shape index (κ2) is 8.22. The Kier molecular flexibility index (Phi) is 5.75. The third-order valence-corrected chi connectivity index (χ3v) is 4.69. The Morgan fingerprint density at radius 2 is 1.75 bits per heavy atom. The lowest BCUT2D eigenvalue weighted by Gasteiger charge is -2.10. The fourth-order valence-electron chi connectivity index (χ4n) is 2.81. The number of carbonyl (C=O) groups excluding carboxylic acids is 1. The first-order valence-corrected chi connectivity index (χ1v) is 10.6. The molecule has 0 saturated carbocycles. The SMILES string of the molecule is Cc1nc(-c2ccccc2)ccc1C(=O)NCc1cccc(NS(C)(=O)=O)c1. The van der Waals surface area contributed by atoms with Gasteiger partial charge in [0.15, 0.2) is 0 Å². The van der Waals surface area contributed by atoms with Crippen LogP contribution in [0, 0.1) is 6.92 Å². The zero-order chi connectivity index (χ0) is 20.1. The van der Waals surface area contributed by atoms with Crippen molar-refractivity contribution in [3.8, 4) is 11.3 Å². The number of aromatic nitrogens is 1. The topological polar surface area (TPSA) is 88.2 Å². The van der Waals surface area contributed by atoms with Crippen molar-refractivity contribution in [2.45, 2.75) is 13.5 Å². The Bertz CT molecular complexity index is 1100. The zero-order valence-corrected chi connectivity index (χ0v) is 16.5. The molecular weight excluding hydrogens is 374 g/mol. The molecule has 2 aromatic carbocycles. The number of hydrogen-bond donors (Lipinski definition) is 2. The second-order valence-electron chi connectivity index (χ2n) is 6.45. The Labute approximate surface area is 164 Å². The van der Waals surface area contributed by atoms with Gasteiger partial charge in [0.25, 0.3) is 5.91 Å². The molecular formula is C21H21N3O3S. The van der Waals surface area contributed by atoms with Crippen molar-refractivity contribution in [1.82, 2.24) is 10.3 Å². The van der Waals surface area contributed by atoms with Gasteiger partial charge in [0.05, 0.1) is 23.2 Å². The average molecular weight is 395 g/mol. The predicted octanol–water partition coefficient (Wildman–Crippen LogP) is 3.36. The highest BCUT2D eigenvalue weighted by Gasteiger charge is 2.11. The first kappa shape index (κ1) is 19.6. The third-order valence-electron chi connectivity index (χ3n) is 4.08. The van der Waals surface area contributed by atoms with Gasteiger partial charge in [-0.25, -0.2) is 8.42 Å². The van der Waals surface area contributed by atoms with E-state index in [1.165, 1.54) is 0 Å². The maximum atomic E-state index is 12.5. The fourth-order valence-corrected chi connectivity index (χ4v) is 3.36. The normalized spacial score (nSPS) is 11.1. The van der Waals surface area contributed by atoms with Gasteiger partial charge in [-0.2, -0.15) is 0 Å². The van der Waals surface area contributed by atoms with E-state index in [0.717, 1.165) is 23.1 Å². The van der Waals surface area contributed by atoms with Crippen molar-refractivity contribution in [2.24, 2.45) is 0 Å². The van der Waals surface area contributed by atoms with Crippen LogP contribution in [0.25, 0.3) is 11.3 Å². The van der Waals surface area contributed by atoms with E-state index in [2.05, 4.69) is 15.0 Å². The summed E-state index contributed by atoms with van der Waals surface area (Å²) in [7, 11) is -3.35. The molecule has 0 aliphatic heterocycles. The van der Waals surface area contributed by atoms with Crippen molar-refractivity contribution in [3.05, 3.63) is 83.6 Å². The third kappa shape index (κ3) is 5.17. The summed E-state index contributed by atoms with van der Waals surface area (Å²) in [6, 6.07) is 20.3. The zero-order valence-electron chi connectivity index (χ0n) is 15.6. The molecule has 7 heteroatoms. The smallest absolute Gasteiger partial charge is 0.253 e. The number of benzene rings is 2. The van der Waals surface area contributed by atoms with Gasteiger partial charge in [0, 0.05) is 17.8 Å². The number of rotatable bonds is 6. The molecule has 0 unspecified atom stereocenters. The largest absolute Gasteiger partial charge is 0.348 e. The minimum absolute atomic E-state index is 0.230. The van der Waals surface area contributed by atoms with E-state index in [4.69, 9.17) is 0 Å². The van der Waals surface area contributed by atoms with Crippen LogP contribution in [0.2, 0.25) is 0 Å². The number of nitrogens with zero attached hydrogens (tertiary/aromatic N) is 1. The maximum absolute atomic E-state index is 12.5. The Morgan fingerprint density at radius 3 is 2.43 bits per heavy atom. The lowest BCUT2D eigenvalue weighted by molar-refractivity contribution is 0.0950. The van der Waals surface area contributed by atoms with E-state index < -0.39 is 10.0 Å². The number of carbonyl (C=O) groups is 1. The van der Waals surface area contributed by atoms with Crippen LogP contribution >= 0.6 is 0 Å². The summed E-state index contributed by atoms with van der Waals surface area (Å²) < 4.78 is 25.1. The molecule has 0 spiro atoms. The average Bonchev–Trinajstić information content (AvgIpc) is 2.66. The van der Waals surface area contributed by atoms with Crippen LogP contribution in [0.5, 0.6) is 0 Å². The Hall–Kier alpha value is -3.19. The van der Waals surface area contributed by atoms with Gasteiger partial charge in [-0.3, -0.25) is 14.5 Å². The maximum Gasteiger partial charge on any atom is 0.253 e. The predicted molar refractivity (Wildman–Crippen MR) is 110 cm³/mol. The van der Waals surface area contributed by atoms with Gasteiger partial charge in [-0.05, 0) is 36.8 Å². The van der Waals surface area contributed by atoms with Gasteiger partial charge in [0.1, 0.15) is 0 Å². The van der Waals surface area contributed by atoms with Crippen LogP contribution in [-0.4, -0.2) is 25.6 Å². The molecule has 1 heterocycles. The van der Waals surface area contributed by atoms with Crippen LogP contribution in [0.1, 0.15) is 21.6 Å². The number of sulfonamides is 1. The number of aryl methyl sites for hydroxylation is 1. The van der Waals surface area contributed by atoms with E-state index >= 15 is 0 Å². The molecule has 0 radical (unpaired) electrons. The number of anilines is 1. The van der Waals surface area contributed by atoms with Gasteiger partial charge >= 0.3 is 0 Å². The fraction of sp³-hybridized carbons (Fsp3) is 0.143. The number of hydrogen-bond acceptors (Lipinski definition) is 4. The van der Waals surface area contributed by atoms with E-state index in [-0.39, 0.29) is 12.5 Å². The second-order valence-corrected chi connectivity index (χ2v) is 8.20. The number of nitrogens with one attached hydrogen (secondary N) is 2. The standard InChI is InChI=1S/C21H21N3O3S/c1-15-19(11-12-20(23-15)17-8-4-3-5-9-17)21(25)22-14-16-7-6-10-18(13-16)24-28(2,26)27/h3-13,24H,14H2,1-2H3,(H,22,25). The summed E-state index contributed by atoms with van der Waals surface area (Å²) in [6.07, 6.45) is 1.09. The number of amides is 1. The molecule has 0 aliphatic rings. The monoisotopic (exact) mass is 395 g/mol. The van der Waals surface area contributed by atoms with Crippen molar-refractivity contribution < 1.29 is 13.2 Å². The molecule has 0 aliphatic carbocycles. The first-order valence-electron chi connectivity index (χ1n) is 8.70. The summed E-state index contributed by atoms with van der Waals surface area (Å²) in [6.45, 7) is 2.08. The molecule has 1 aromatic heterocycles. The lowest BCUT2D eigenvalue weighted by Crippen LogP contribution is -2.24. The van der Waals surface area contributed by atoms with E-state index in [1.54, 1.807) is 31.2 Å². The van der Waals surface area contributed by atoms with Crippen molar-refractivity contribution in [1.29, 1.82) is 0 Å². The molecule has 0 bridgehead atoms. The Balaban J connectivity index is 1.69. The molecule has 144 valence electrons. The lowest BCUT2D eigenvalue weighted by atomic mass is 10.1. The minimum Gasteiger partial charge on any atom is -0.348 e. The molecule has 0 saturated heterocycles.